The van der Waals surface area contributed by atoms with Gasteiger partial charge in [-0.3, -0.25) is 0 Å². The van der Waals surface area contributed by atoms with Gasteiger partial charge in [0.2, 0.25) is 0 Å². The molecule has 0 bridgehead atoms. The summed E-state index contributed by atoms with van der Waals surface area (Å²) in [5, 5.41) is 4.52. The van der Waals surface area contributed by atoms with Crippen LogP contribution in [0.3, 0.4) is 0 Å². The number of nitrogens with one attached hydrogen (secondary N) is 1. The number of halogens is 1. The third kappa shape index (κ3) is 2.62. The van der Waals surface area contributed by atoms with Crippen molar-refractivity contribution in [2.24, 2.45) is 0 Å². The minimum Gasteiger partial charge on any atom is -0.310 e. The van der Waals surface area contributed by atoms with Gasteiger partial charge in [0.25, 0.3) is 0 Å². The van der Waals surface area contributed by atoms with Crippen LogP contribution in [0.5, 0.6) is 0 Å². The second-order valence-corrected chi connectivity index (χ2v) is 5.86. The summed E-state index contributed by atoms with van der Waals surface area (Å²) in [5.74, 6) is 0. The first-order chi connectivity index (χ1) is 8.83. The van der Waals surface area contributed by atoms with Gasteiger partial charge in [-0.15, -0.1) is 0 Å². The van der Waals surface area contributed by atoms with E-state index in [-0.39, 0.29) is 0 Å². The maximum absolute atomic E-state index is 5.94. The van der Waals surface area contributed by atoms with Gasteiger partial charge in [-0.1, -0.05) is 34.9 Å². The van der Waals surface area contributed by atoms with E-state index in [4.69, 9.17) is 11.6 Å². The van der Waals surface area contributed by atoms with Gasteiger partial charge in [0.1, 0.15) is 0 Å². The van der Waals surface area contributed by atoms with Gasteiger partial charge in [-0.05, 0) is 62.8 Å². The van der Waals surface area contributed by atoms with E-state index in [9.17, 15) is 0 Å². The maximum Gasteiger partial charge on any atom is 0.0406 e. The van der Waals surface area contributed by atoms with Gasteiger partial charge < -0.3 is 5.32 Å². The molecule has 1 aliphatic carbocycles. The Morgan fingerprint density at radius 3 is 2.67 bits per heavy atom. The first-order valence-electron chi connectivity index (χ1n) is 7.01. The molecule has 1 aromatic rings. The molecule has 0 amide bonds. The Hall–Kier alpha value is -0.790. The average Bonchev–Trinajstić information content (AvgIpc) is 2.42. The number of hydrogen-bond acceptors (Lipinski definition) is 1. The van der Waals surface area contributed by atoms with Gasteiger partial charge >= 0.3 is 0 Å². The Labute approximate surface area is 114 Å². The third-order valence-electron chi connectivity index (χ3n) is 4.22. The molecule has 1 N–H and O–H groups in total. The minimum atomic E-state index is 0.565. The standard InChI is InChI=1S/C16H20ClN/c17-14-7-5-12(6-8-14)11-16-15-4-2-1-3-13(15)9-10-18-16/h5-8,16,18H,1-4,9-11H2. The second-order valence-electron chi connectivity index (χ2n) is 5.42. The molecule has 0 aromatic heterocycles. The molecule has 0 spiro atoms. The highest BCUT2D eigenvalue weighted by Crippen LogP contribution is 2.32. The lowest BCUT2D eigenvalue weighted by Gasteiger charge is -2.33. The average molecular weight is 262 g/mol. The first kappa shape index (κ1) is 12.3. The fourth-order valence-corrected chi connectivity index (χ4v) is 3.40. The van der Waals surface area contributed by atoms with Crippen LogP contribution in [0.2, 0.25) is 5.02 Å². The van der Waals surface area contributed by atoms with E-state index < -0.39 is 0 Å². The van der Waals surface area contributed by atoms with Crippen molar-refractivity contribution in [2.75, 3.05) is 6.54 Å². The first-order valence-corrected chi connectivity index (χ1v) is 7.39. The monoisotopic (exact) mass is 261 g/mol. The molecule has 1 aromatic carbocycles. The molecule has 0 saturated carbocycles. The molecule has 2 aliphatic rings. The molecular formula is C16H20ClN. The van der Waals surface area contributed by atoms with Crippen molar-refractivity contribution in [3.63, 3.8) is 0 Å². The zero-order valence-electron chi connectivity index (χ0n) is 10.7. The Kier molecular flexibility index (Phi) is 3.72. The molecule has 1 atom stereocenters. The molecule has 18 heavy (non-hydrogen) atoms. The molecule has 1 heterocycles. The summed E-state index contributed by atoms with van der Waals surface area (Å²) >= 11 is 5.94. The molecule has 3 rings (SSSR count). The smallest absolute Gasteiger partial charge is 0.0406 e. The van der Waals surface area contributed by atoms with Crippen LogP contribution in [0.1, 0.15) is 37.7 Å². The van der Waals surface area contributed by atoms with Crippen LogP contribution >= 0.6 is 11.6 Å². The molecule has 2 heteroatoms. The van der Waals surface area contributed by atoms with Crippen molar-refractivity contribution in [3.05, 3.63) is 46.0 Å². The van der Waals surface area contributed by atoms with E-state index in [1.165, 1.54) is 37.7 Å². The molecule has 1 aliphatic heterocycles. The highest BCUT2D eigenvalue weighted by Gasteiger charge is 2.24. The van der Waals surface area contributed by atoms with E-state index in [2.05, 4.69) is 17.4 Å². The summed E-state index contributed by atoms with van der Waals surface area (Å²) in [5.41, 5.74) is 4.85. The van der Waals surface area contributed by atoms with Crippen LogP contribution < -0.4 is 5.32 Å². The Balaban J connectivity index is 1.77. The zero-order valence-corrected chi connectivity index (χ0v) is 11.5. The van der Waals surface area contributed by atoms with Crippen LogP contribution in [0.15, 0.2) is 35.4 Å². The third-order valence-corrected chi connectivity index (χ3v) is 4.47. The molecule has 0 fully saturated rings. The lowest BCUT2D eigenvalue weighted by atomic mass is 9.81. The van der Waals surface area contributed by atoms with Gasteiger partial charge in [0, 0.05) is 11.1 Å². The van der Waals surface area contributed by atoms with Crippen LogP contribution in [-0.2, 0) is 6.42 Å². The van der Waals surface area contributed by atoms with Crippen LogP contribution in [-0.4, -0.2) is 12.6 Å². The van der Waals surface area contributed by atoms with E-state index in [0.29, 0.717) is 6.04 Å². The lowest BCUT2D eigenvalue weighted by molar-refractivity contribution is 0.474. The van der Waals surface area contributed by atoms with Crippen molar-refractivity contribution in [1.82, 2.24) is 5.32 Å². The van der Waals surface area contributed by atoms with Crippen molar-refractivity contribution in [3.8, 4) is 0 Å². The largest absolute Gasteiger partial charge is 0.310 e. The van der Waals surface area contributed by atoms with Gasteiger partial charge in [0.15, 0.2) is 0 Å². The highest BCUT2D eigenvalue weighted by molar-refractivity contribution is 6.30. The van der Waals surface area contributed by atoms with E-state index >= 15 is 0 Å². The predicted octanol–water partition coefficient (Wildman–Crippen LogP) is 4.12. The number of rotatable bonds is 2. The summed E-state index contributed by atoms with van der Waals surface area (Å²) < 4.78 is 0. The van der Waals surface area contributed by atoms with Crippen LogP contribution in [0.4, 0.5) is 0 Å². The fourth-order valence-electron chi connectivity index (χ4n) is 3.27. The Morgan fingerprint density at radius 2 is 1.83 bits per heavy atom. The van der Waals surface area contributed by atoms with Crippen LogP contribution in [0, 0.1) is 0 Å². The molecule has 0 radical (unpaired) electrons. The van der Waals surface area contributed by atoms with E-state index in [1.54, 1.807) is 11.1 Å². The van der Waals surface area contributed by atoms with Crippen LogP contribution in [0.25, 0.3) is 0 Å². The molecule has 1 nitrogen and oxygen atoms in total. The lowest BCUT2D eigenvalue weighted by Crippen LogP contribution is -2.39. The molecule has 0 saturated heterocycles. The summed E-state index contributed by atoms with van der Waals surface area (Å²) in [6.07, 6.45) is 7.79. The Morgan fingerprint density at radius 1 is 1.06 bits per heavy atom. The number of benzene rings is 1. The summed E-state index contributed by atoms with van der Waals surface area (Å²) in [6, 6.07) is 8.87. The molecule has 1 unspecified atom stereocenters. The fraction of sp³-hybridized carbons (Fsp3) is 0.500. The van der Waals surface area contributed by atoms with Gasteiger partial charge in [-0.25, -0.2) is 0 Å². The second kappa shape index (κ2) is 5.46. The van der Waals surface area contributed by atoms with Crippen molar-refractivity contribution in [1.29, 1.82) is 0 Å². The normalized spacial score (nSPS) is 23.9. The topological polar surface area (TPSA) is 12.0 Å². The molecule has 96 valence electrons. The maximum atomic E-state index is 5.94. The predicted molar refractivity (Wildman–Crippen MR) is 77.1 cm³/mol. The van der Waals surface area contributed by atoms with Crippen molar-refractivity contribution >= 4 is 11.6 Å². The summed E-state index contributed by atoms with van der Waals surface area (Å²) in [7, 11) is 0. The zero-order chi connectivity index (χ0) is 12.4. The Bertz CT molecular complexity index is 443. The summed E-state index contributed by atoms with van der Waals surface area (Å²) in [4.78, 5) is 0. The number of hydrogen-bond donors (Lipinski definition) is 1. The minimum absolute atomic E-state index is 0.565. The van der Waals surface area contributed by atoms with Gasteiger partial charge in [0.05, 0.1) is 0 Å². The summed E-state index contributed by atoms with van der Waals surface area (Å²) in [6.45, 7) is 1.15. The van der Waals surface area contributed by atoms with Crippen molar-refractivity contribution < 1.29 is 0 Å². The van der Waals surface area contributed by atoms with E-state index in [0.717, 1.165) is 18.0 Å². The quantitative estimate of drug-likeness (QED) is 0.790. The molecular weight excluding hydrogens is 242 g/mol. The van der Waals surface area contributed by atoms with E-state index in [1.807, 2.05) is 12.1 Å². The highest BCUT2D eigenvalue weighted by atomic mass is 35.5. The van der Waals surface area contributed by atoms with Gasteiger partial charge in [-0.2, -0.15) is 0 Å². The van der Waals surface area contributed by atoms with Crippen molar-refractivity contribution in [2.45, 2.75) is 44.6 Å². The SMILES string of the molecule is Clc1ccc(CC2NCCC3=C2CCCC3)cc1.